The number of carbonyl (C=O) groups excluding carboxylic acids is 1. The molecule has 2 aromatic carbocycles. The van der Waals surface area contributed by atoms with Gasteiger partial charge in [0.05, 0.1) is 16.3 Å². The smallest absolute Gasteiger partial charge is 0.221 e. The van der Waals surface area contributed by atoms with Crippen molar-refractivity contribution in [1.82, 2.24) is 10.3 Å². The number of rotatable bonds is 7. The third-order valence-electron chi connectivity index (χ3n) is 3.71. The highest BCUT2D eigenvalue weighted by molar-refractivity contribution is 7.98. The first kappa shape index (κ1) is 17.0. The molecule has 3 rings (SSSR count). The normalized spacial score (nSPS) is 12.2. The van der Waals surface area contributed by atoms with Crippen molar-refractivity contribution in [3.05, 3.63) is 65.2 Å². The van der Waals surface area contributed by atoms with Crippen molar-refractivity contribution in [2.75, 3.05) is 5.75 Å². The molecular weight excluding hydrogens is 336 g/mol. The molecule has 0 aliphatic carbocycles. The van der Waals surface area contributed by atoms with Crippen molar-refractivity contribution in [3.63, 3.8) is 0 Å². The number of amides is 1. The molecule has 0 saturated carbocycles. The summed E-state index contributed by atoms with van der Waals surface area (Å²) in [6.07, 6.45) is 0.534. The number of benzene rings is 2. The third kappa shape index (κ3) is 4.58. The fraction of sp³-hybridized carbons (Fsp3) is 0.263. The van der Waals surface area contributed by atoms with Crippen molar-refractivity contribution in [2.24, 2.45) is 0 Å². The maximum atomic E-state index is 12.0. The Morgan fingerprint density at radius 2 is 1.92 bits per heavy atom. The van der Waals surface area contributed by atoms with E-state index in [1.807, 2.05) is 55.5 Å². The van der Waals surface area contributed by atoms with Crippen LogP contribution in [0.4, 0.5) is 0 Å². The van der Waals surface area contributed by atoms with Gasteiger partial charge in [0.1, 0.15) is 5.01 Å². The lowest BCUT2D eigenvalue weighted by atomic mass is 10.1. The molecule has 1 N–H and O–H groups in total. The zero-order valence-corrected chi connectivity index (χ0v) is 15.2. The minimum atomic E-state index is 0.0490. The van der Waals surface area contributed by atoms with Crippen LogP contribution in [-0.2, 0) is 10.5 Å². The Kier molecular flexibility index (Phi) is 5.88. The lowest BCUT2D eigenvalue weighted by molar-refractivity contribution is -0.121. The van der Waals surface area contributed by atoms with Gasteiger partial charge in [0.2, 0.25) is 5.91 Å². The molecule has 0 bridgehead atoms. The molecule has 1 aromatic heterocycles. The van der Waals surface area contributed by atoms with E-state index in [1.54, 1.807) is 23.1 Å². The van der Waals surface area contributed by atoms with Gasteiger partial charge in [-0.2, -0.15) is 11.8 Å². The summed E-state index contributed by atoms with van der Waals surface area (Å²) < 4.78 is 1.22. The number of hydrogen-bond donors (Lipinski definition) is 1. The van der Waals surface area contributed by atoms with Crippen LogP contribution >= 0.6 is 23.1 Å². The van der Waals surface area contributed by atoms with Gasteiger partial charge in [-0.25, -0.2) is 4.98 Å². The predicted octanol–water partition coefficient (Wildman–Crippen LogP) is 4.80. The van der Waals surface area contributed by atoms with Crippen LogP contribution in [0.25, 0.3) is 10.2 Å². The van der Waals surface area contributed by atoms with Crippen LogP contribution in [0.1, 0.15) is 30.0 Å². The minimum absolute atomic E-state index is 0.0490. The van der Waals surface area contributed by atoms with Gasteiger partial charge in [0.15, 0.2) is 0 Å². The van der Waals surface area contributed by atoms with Gasteiger partial charge in [-0.15, -0.1) is 11.3 Å². The monoisotopic (exact) mass is 356 g/mol. The van der Waals surface area contributed by atoms with Gasteiger partial charge >= 0.3 is 0 Å². The predicted molar refractivity (Wildman–Crippen MR) is 103 cm³/mol. The van der Waals surface area contributed by atoms with Crippen LogP contribution < -0.4 is 5.32 Å². The second-order valence-corrected chi connectivity index (χ2v) is 7.80. The number of hydrogen-bond acceptors (Lipinski definition) is 4. The second-order valence-electron chi connectivity index (χ2n) is 5.58. The van der Waals surface area contributed by atoms with Gasteiger partial charge in [-0.05, 0) is 24.6 Å². The van der Waals surface area contributed by atoms with E-state index in [4.69, 9.17) is 0 Å². The van der Waals surface area contributed by atoms with E-state index in [0.29, 0.717) is 6.42 Å². The highest BCUT2D eigenvalue weighted by Crippen LogP contribution is 2.25. The van der Waals surface area contributed by atoms with Gasteiger partial charge in [-0.3, -0.25) is 4.79 Å². The van der Waals surface area contributed by atoms with Crippen LogP contribution in [0, 0.1) is 0 Å². The first-order valence-corrected chi connectivity index (χ1v) is 9.96. The van der Waals surface area contributed by atoms with Crippen LogP contribution in [0.3, 0.4) is 0 Å². The maximum absolute atomic E-state index is 12.0. The third-order valence-corrected chi connectivity index (χ3v) is 5.90. The average molecular weight is 357 g/mol. The standard InChI is InChI=1S/C19H20N2OS2/c1-14(15-7-3-2-4-8-15)20-18(22)11-12-23-13-19-21-16-9-5-6-10-17(16)24-19/h2-10,14H,11-13H2,1H3,(H,20,22)/t14-/m1/s1. The summed E-state index contributed by atoms with van der Waals surface area (Å²) >= 11 is 3.49. The van der Waals surface area contributed by atoms with E-state index in [-0.39, 0.29) is 11.9 Å². The number of para-hydroxylation sites is 1. The van der Waals surface area contributed by atoms with Gasteiger partial charge < -0.3 is 5.32 Å². The highest BCUT2D eigenvalue weighted by Gasteiger charge is 2.09. The van der Waals surface area contributed by atoms with E-state index in [1.165, 1.54) is 4.70 Å². The zero-order valence-electron chi connectivity index (χ0n) is 13.6. The maximum Gasteiger partial charge on any atom is 0.221 e. The Hall–Kier alpha value is -1.85. The lowest BCUT2D eigenvalue weighted by Crippen LogP contribution is -2.26. The highest BCUT2D eigenvalue weighted by atomic mass is 32.2. The van der Waals surface area contributed by atoms with E-state index in [0.717, 1.165) is 27.6 Å². The van der Waals surface area contributed by atoms with Gasteiger partial charge in [0, 0.05) is 17.9 Å². The number of thiazole rings is 1. The number of thioether (sulfide) groups is 1. The summed E-state index contributed by atoms with van der Waals surface area (Å²) in [6.45, 7) is 2.02. The fourth-order valence-electron chi connectivity index (χ4n) is 2.44. The molecule has 0 aliphatic heterocycles. The summed E-state index contributed by atoms with van der Waals surface area (Å²) in [5.41, 5.74) is 2.19. The molecule has 1 heterocycles. The van der Waals surface area contributed by atoms with Crippen LogP contribution in [0.2, 0.25) is 0 Å². The van der Waals surface area contributed by atoms with Crippen molar-refractivity contribution in [1.29, 1.82) is 0 Å². The Morgan fingerprint density at radius 3 is 2.71 bits per heavy atom. The molecule has 0 unspecified atom stereocenters. The number of fused-ring (bicyclic) bond motifs is 1. The van der Waals surface area contributed by atoms with Crippen LogP contribution in [0.15, 0.2) is 54.6 Å². The SMILES string of the molecule is C[C@@H](NC(=O)CCSCc1nc2ccccc2s1)c1ccccc1. The van der Waals surface area contributed by atoms with E-state index in [9.17, 15) is 4.79 Å². The minimum Gasteiger partial charge on any atom is -0.350 e. The number of aromatic nitrogens is 1. The van der Waals surface area contributed by atoms with Crippen molar-refractivity contribution in [3.8, 4) is 0 Å². The number of nitrogens with one attached hydrogen (secondary N) is 1. The average Bonchev–Trinajstić information content (AvgIpc) is 3.02. The molecule has 1 amide bonds. The molecule has 1 atom stereocenters. The molecule has 124 valence electrons. The zero-order chi connectivity index (χ0) is 16.8. The van der Waals surface area contributed by atoms with Crippen molar-refractivity contribution in [2.45, 2.75) is 25.1 Å². The molecule has 0 aliphatic rings. The molecule has 24 heavy (non-hydrogen) atoms. The molecule has 3 nitrogen and oxygen atoms in total. The largest absolute Gasteiger partial charge is 0.350 e. The van der Waals surface area contributed by atoms with E-state index >= 15 is 0 Å². The Bertz CT molecular complexity index is 768. The molecule has 3 aromatic rings. The van der Waals surface area contributed by atoms with E-state index in [2.05, 4.69) is 16.4 Å². The summed E-state index contributed by atoms with van der Waals surface area (Å²) in [5, 5.41) is 4.18. The van der Waals surface area contributed by atoms with Gasteiger partial charge in [0.25, 0.3) is 0 Å². The van der Waals surface area contributed by atoms with Crippen molar-refractivity contribution >= 4 is 39.2 Å². The number of nitrogens with zero attached hydrogens (tertiary/aromatic N) is 1. The first-order chi connectivity index (χ1) is 11.7. The summed E-state index contributed by atoms with van der Waals surface area (Å²) in [4.78, 5) is 16.7. The topological polar surface area (TPSA) is 42.0 Å². The Balaban J connectivity index is 1.40. The molecule has 5 heteroatoms. The molecule has 0 saturated heterocycles. The molecule has 0 spiro atoms. The van der Waals surface area contributed by atoms with Crippen molar-refractivity contribution < 1.29 is 4.79 Å². The quantitative estimate of drug-likeness (QED) is 0.619. The summed E-state index contributed by atoms with van der Waals surface area (Å²) in [5.74, 6) is 1.77. The first-order valence-electron chi connectivity index (χ1n) is 7.99. The number of carbonyl (C=O) groups is 1. The molecular formula is C19H20N2OS2. The van der Waals surface area contributed by atoms with E-state index < -0.39 is 0 Å². The van der Waals surface area contributed by atoms with Crippen LogP contribution in [0.5, 0.6) is 0 Å². The second kappa shape index (κ2) is 8.31. The molecule has 0 fully saturated rings. The summed E-state index contributed by atoms with van der Waals surface area (Å²) in [7, 11) is 0. The fourth-order valence-corrected chi connectivity index (χ4v) is 4.41. The lowest BCUT2D eigenvalue weighted by Gasteiger charge is -2.14. The Morgan fingerprint density at radius 1 is 1.17 bits per heavy atom. The molecule has 0 radical (unpaired) electrons. The Labute approximate surface area is 150 Å². The summed E-state index contributed by atoms with van der Waals surface area (Å²) in [6, 6.07) is 18.3. The van der Waals surface area contributed by atoms with Crippen LogP contribution in [-0.4, -0.2) is 16.6 Å². The van der Waals surface area contributed by atoms with Gasteiger partial charge in [-0.1, -0.05) is 42.5 Å².